The van der Waals surface area contributed by atoms with Gasteiger partial charge in [0.1, 0.15) is 6.23 Å². The van der Waals surface area contributed by atoms with Gasteiger partial charge in [0.05, 0.1) is 0 Å². The van der Waals surface area contributed by atoms with Crippen LogP contribution >= 0.6 is 0 Å². The van der Waals surface area contributed by atoms with Gasteiger partial charge < -0.3 is 10.0 Å². The Bertz CT molecular complexity index is 210. The molecule has 1 unspecified atom stereocenters. The molecule has 0 bridgehead atoms. The van der Waals surface area contributed by atoms with Gasteiger partial charge in [0.25, 0.3) is 0 Å². The van der Waals surface area contributed by atoms with Crippen molar-refractivity contribution in [2.24, 2.45) is 11.8 Å². The van der Waals surface area contributed by atoms with Gasteiger partial charge in [0.2, 0.25) is 0 Å². The number of hydrogen-bond donors (Lipinski definition) is 1. The molecule has 2 aliphatic rings. The molecule has 16 heavy (non-hydrogen) atoms. The van der Waals surface area contributed by atoms with E-state index in [1.54, 1.807) is 0 Å². The molecule has 1 aliphatic carbocycles. The van der Waals surface area contributed by atoms with Gasteiger partial charge in [-0.1, -0.05) is 20.3 Å². The van der Waals surface area contributed by atoms with Gasteiger partial charge in [-0.15, -0.1) is 0 Å². The highest BCUT2D eigenvalue weighted by atomic mass is 16.3. The molecule has 3 nitrogen and oxygen atoms in total. The summed E-state index contributed by atoms with van der Waals surface area (Å²) in [6.07, 6.45) is 3.58. The predicted molar refractivity (Wildman–Crippen MR) is 66.2 cm³/mol. The first kappa shape index (κ1) is 12.3. The molecule has 2 fully saturated rings. The zero-order valence-electron chi connectivity index (χ0n) is 10.7. The molecule has 1 saturated carbocycles. The molecule has 0 aromatic rings. The Morgan fingerprint density at radius 2 is 1.81 bits per heavy atom. The lowest BCUT2D eigenvalue weighted by molar-refractivity contribution is -0.0401. The van der Waals surface area contributed by atoms with Crippen molar-refractivity contribution < 1.29 is 5.11 Å². The summed E-state index contributed by atoms with van der Waals surface area (Å²) in [4.78, 5) is 4.81. The molecule has 1 saturated heterocycles. The molecular weight excluding hydrogens is 200 g/mol. The van der Waals surface area contributed by atoms with Crippen LogP contribution in [0.5, 0.6) is 0 Å². The largest absolute Gasteiger partial charge is 0.378 e. The van der Waals surface area contributed by atoms with Crippen LogP contribution in [0.4, 0.5) is 0 Å². The van der Waals surface area contributed by atoms with E-state index in [2.05, 4.69) is 23.6 Å². The van der Waals surface area contributed by atoms with E-state index in [0.717, 1.165) is 32.1 Å². The zero-order valence-corrected chi connectivity index (χ0v) is 10.7. The van der Waals surface area contributed by atoms with Crippen molar-refractivity contribution in [3.05, 3.63) is 0 Å². The number of aliphatic hydroxyl groups excluding tert-OH is 1. The van der Waals surface area contributed by atoms with Crippen LogP contribution in [0.25, 0.3) is 0 Å². The van der Waals surface area contributed by atoms with Crippen molar-refractivity contribution in [1.29, 1.82) is 0 Å². The third-order valence-electron chi connectivity index (χ3n) is 4.09. The number of piperazine rings is 1. The lowest BCUT2D eigenvalue weighted by atomic mass is 10.1. The van der Waals surface area contributed by atoms with Gasteiger partial charge in [-0.25, -0.2) is 0 Å². The van der Waals surface area contributed by atoms with E-state index >= 15 is 0 Å². The van der Waals surface area contributed by atoms with Crippen LogP contribution in [-0.2, 0) is 0 Å². The minimum absolute atomic E-state index is 0.147. The molecule has 1 N–H and O–H groups in total. The fourth-order valence-corrected chi connectivity index (χ4v) is 2.47. The van der Waals surface area contributed by atoms with Crippen molar-refractivity contribution in [2.45, 2.75) is 39.3 Å². The van der Waals surface area contributed by atoms with E-state index in [1.807, 2.05) is 0 Å². The van der Waals surface area contributed by atoms with E-state index in [-0.39, 0.29) is 6.23 Å². The van der Waals surface area contributed by atoms with Gasteiger partial charge in [0.15, 0.2) is 0 Å². The Morgan fingerprint density at radius 3 is 2.31 bits per heavy atom. The van der Waals surface area contributed by atoms with E-state index in [4.69, 9.17) is 0 Å². The van der Waals surface area contributed by atoms with Crippen LogP contribution in [-0.4, -0.2) is 53.9 Å². The smallest absolute Gasteiger partial charge is 0.110 e. The van der Waals surface area contributed by atoms with Crippen LogP contribution in [0.2, 0.25) is 0 Å². The fraction of sp³-hybridized carbons (Fsp3) is 1.00. The molecule has 1 heterocycles. The molecular formula is C13H26N2O. The molecule has 1 aliphatic heterocycles. The van der Waals surface area contributed by atoms with Crippen LogP contribution < -0.4 is 0 Å². The quantitative estimate of drug-likeness (QED) is 0.767. The van der Waals surface area contributed by atoms with Crippen molar-refractivity contribution >= 4 is 0 Å². The molecule has 0 amide bonds. The summed E-state index contributed by atoms with van der Waals surface area (Å²) in [5, 5.41) is 10.0. The average Bonchev–Trinajstić information content (AvgIpc) is 3.13. The molecule has 2 rings (SSSR count). The Balaban J connectivity index is 1.69. The minimum Gasteiger partial charge on any atom is -0.378 e. The van der Waals surface area contributed by atoms with Crippen LogP contribution in [0.3, 0.4) is 0 Å². The molecule has 0 radical (unpaired) electrons. The van der Waals surface area contributed by atoms with Gasteiger partial charge >= 0.3 is 0 Å². The Kier molecular flexibility index (Phi) is 4.22. The summed E-state index contributed by atoms with van der Waals surface area (Å²) in [7, 11) is 0. The topological polar surface area (TPSA) is 26.7 Å². The first-order chi connectivity index (χ1) is 7.70. The van der Waals surface area contributed by atoms with E-state index in [9.17, 15) is 5.11 Å². The first-order valence-corrected chi connectivity index (χ1v) is 6.85. The summed E-state index contributed by atoms with van der Waals surface area (Å²) in [5.74, 6) is 1.39. The molecule has 0 aromatic heterocycles. The summed E-state index contributed by atoms with van der Waals surface area (Å²) in [6.45, 7) is 10.2. The molecule has 3 heteroatoms. The van der Waals surface area contributed by atoms with Gasteiger partial charge in [-0.2, -0.15) is 0 Å². The van der Waals surface area contributed by atoms with Crippen molar-refractivity contribution in [3.63, 3.8) is 0 Å². The Morgan fingerprint density at radius 1 is 1.19 bits per heavy atom. The van der Waals surface area contributed by atoms with Crippen LogP contribution in [0.1, 0.15) is 33.1 Å². The molecule has 0 aromatic carbocycles. The summed E-state index contributed by atoms with van der Waals surface area (Å²) in [6, 6.07) is 0. The van der Waals surface area contributed by atoms with Crippen molar-refractivity contribution in [2.75, 3.05) is 32.7 Å². The highest BCUT2D eigenvalue weighted by Crippen LogP contribution is 2.34. The van der Waals surface area contributed by atoms with E-state index < -0.39 is 0 Å². The average molecular weight is 226 g/mol. The highest BCUT2D eigenvalue weighted by molar-refractivity contribution is 4.84. The lowest BCUT2D eigenvalue weighted by Gasteiger charge is -2.38. The number of rotatable bonds is 5. The number of aliphatic hydroxyl groups is 1. The number of hydrogen-bond acceptors (Lipinski definition) is 3. The normalized spacial score (nSPS) is 27.9. The fourth-order valence-electron chi connectivity index (χ4n) is 2.47. The Hall–Kier alpha value is -0.120. The first-order valence-electron chi connectivity index (χ1n) is 6.85. The van der Waals surface area contributed by atoms with Gasteiger partial charge in [0, 0.05) is 32.7 Å². The summed E-state index contributed by atoms with van der Waals surface area (Å²) in [5.41, 5.74) is 0. The maximum atomic E-state index is 10.0. The Labute approximate surface area is 99.4 Å². The highest BCUT2D eigenvalue weighted by Gasteiger charge is 2.35. The molecule has 0 spiro atoms. The molecule has 2 atom stereocenters. The number of nitrogens with zero attached hydrogens (tertiary/aromatic N) is 2. The molecule has 94 valence electrons. The zero-order chi connectivity index (χ0) is 11.5. The van der Waals surface area contributed by atoms with Crippen molar-refractivity contribution in [3.8, 4) is 0 Å². The lowest BCUT2D eigenvalue weighted by Crippen LogP contribution is -2.51. The second-order valence-electron chi connectivity index (χ2n) is 5.60. The van der Waals surface area contributed by atoms with Gasteiger partial charge in [-0.3, -0.25) is 4.90 Å². The third-order valence-corrected chi connectivity index (χ3v) is 4.09. The second-order valence-corrected chi connectivity index (χ2v) is 5.60. The van der Waals surface area contributed by atoms with E-state index in [0.29, 0.717) is 5.92 Å². The van der Waals surface area contributed by atoms with E-state index in [1.165, 1.54) is 25.8 Å². The van der Waals surface area contributed by atoms with Crippen molar-refractivity contribution in [1.82, 2.24) is 9.80 Å². The maximum absolute atomic E-state index is 10.0. The standard InChI is InChI=1S/C13H26N2O/c1-3-11(2)10-14-6-8-15(9-7-14)13(16)12-4-5-12/h11-13,16H,3-10H2,1-2H3/t11-,13?/m0/s1. The minimum atomic E-state index is -0.147. The summed E-state index contributed by atoms with van der Waals surface area (Å²) < 4.78 is 0. The maximum Gasteiger partial charge on any atom is 0.110 e. The SMILES string of the molecule is CC[C@H](C)CN1CCN(C(O)C2CC2)CC1. The predicted octanol–water partition coefficient (Wildman–Crippen LogP) is 1.38. The monoisotopic (exact) mass is 226 g/mol. The van der Waals surface area contributed by atoms with Gasteiger partial charge in [-0.05, 0) is 24.7 Å². The second kappa shape index (κ2) is 5.48. The van der Waals surface area contributed by atoms with Crippen LogP contribution in [0, 0.1) is 11.8 Å². The summed E-state index contributed by atoms with van der Waals surface area (Å²) >= 11 is 0. The third kappa shape index (κ3) is 3.19. The van der Waals surface area contributed by atoms with Crippen LogP contribution in [0.15, 0.2) is 0 Å².